The van der Waals surface area contributed by atoms with Crippen LogP contribution in [0.25, 0.3) is 12.2 Å². The van der Waals surface area contributed by atoms with Crippen molar-refractivity contribution in [2.24, 2.45) is 5.92 Å². The van der Waals surface area contributed by atoms with Crippen molar-refractivity contribution in [1.29, 1.82) is 0 Å². The van der Waals surface area contributed by atoms with E-state index in [9.17, 15) is 4.79 Å². The van der Waals surface area contributed by atoms with Gasteiger partial charge in [-0.3, -0.25) is 0 Å². The number of carbonyl (C=O) groups is 1. The highest BCUT2D eigenvalue weighted by Gasteiger charge is 2.03. The van der Waals surface area contributed by atoms with Crippen LogP contribution < -0.4 is 4.74 Å². The van der Waals surface area contributed by atoms with E-state index in [1.165, 1.54) is 7.11 Å². The third-order valence-corrected chi connectivity index (χ3v) is 3.26. The Bertz CT molecular complexity index is 652. The first-order valence-electron chi connectivity index (χ1n) is 7.68. The molecule has 120 valence electrons. The Morgan fingerprint density at radius 3 is 1.96 bits per heavy atom. The average Bonchev–Trinajstić information content (AvgIpc) is 2.58. The maximum atomic E-state index is 11.4. The molecule has 0 radical (unpaired) electrons. The predicted octanol–water partition coefficient (Wildman–Crippen LogP) is 4.68. The van der Waals surface area contributed by atoms with E-state index in [0.29, 0.717) is 11.5 Å². The highest BCUT2D eigenvalue weighted by atomic mass is 16.5. The zero-order chi connectivity index (χ0) is 16.7. The molecule has 3 nitrogen and oxygen atoms in total. The van der Waals surface area contributed by atoms with Crippen molar-refractivity contribution in [2.45, 2.75) is 13.8 Å². The quantitative estimate of drug-likeness (QED) is 0.574. The number of esters is 1. The van der Waals surface area contributed by atoms with Crippen LogP contribution in [0, 0.1) is 5.92 Å². The van der Waals surface area contributed by atoms with Crippen LogP contribution in [-0.2, 0) is 4.74 Å². The SMILES string of the molecule is COC(=O)c1ccc(/C=C/c2ccc(OCC(C)C)cc2)cc1. The van der Waals surface area contributed by atoms with Crippen LogP contribution in [0.4, 0.5) is 0 Å². The molecule has 0 heterocycles. The molecule has 0 atom stereocenters. The van der Waals surface area contributed by atoms with E-state index in [-0.39, 0.29) is 5.97 Å². The van der Waals surface area contributed by atoms with Crippen LogP contribution in [0.5, 0.6) is 5.75 Å². The molecular formula is C20H22O3. The molecule has 0 unspecified atom stereocenters. The third kappa shape index (κ3) is 5.29. The molecule has 0 N–H and O–H groups in total. The Morgan fingerprint density at radius 2 is 1.48 bits per heavy atom. The summed E-state index contributed by atoms with van der Waals surface area (Å²) in [4.78, 5) is 11.4. The van der Waals surface area contributed by atoms with Gasteiger partial charge in [-0.25, -0.2) is 4.79 Å². The number of hydrogen-bond donors (Lipinski definition) is 0. The van der Waals surface area contributed by atoms with Gasteiger partial charge in [-0.2, -0.15) is 0 Å². The molecule has 0 spiro atoms. The summed E-state index contributed by atoms with van der Waals surface area (Å²) >= 11 is 0. The van der Waals surface area contributed by atoms with Crippen LogP contribution >= 0.6 is 0 Å². The van der Waals surface area contributed by atoms with E-state index < -0.39 is 0 Å². The second-order valence-electron chi connectivity index (χ2n) is 5.72. The number of carbonyl (C=O) groups excluding carboxylic acids is 1. The van der Waals surface area contributed by atoms with Crippen LogP contribution in [0.1, 0.15) is 35.3 Å². The minimum Gasteiger partial charge on any atom is -0.493 e. The number of rotatable bonds is 6. The molecule has 0 aliphatic heterocycles. The summed E-state index contributed by atoms with van der Waals surface area (Å²) in [5.74, 6) is 1.08. The van der Waals surface area contributed by atoms with E-state index in [4.69, 9.17) is 4.74 Å². The summed E-state index contributed by atoms with van der Waals surface area (Å²) in [5.41, 5.74) is 2.67. The molecule has 0 aliphatic rings. The highest BCUT2D eigenvalue weighted by molar-refractivity contribution is 5.89. The maximum absolute atomic E-state index is 11.4. The first kappa shape index (κ1) is 16.8. The van der Waals surface area contributed by atoms with Crippen molar-refractivity contribution in [3.8, 4) is 5.75 Å². The topological polar surface area (TPSA) is 35.5 Å². The molecule has 0 fully saturated rings. The molecule has 0 saturated heterocycles. The Labute approximate surface area is 137 Å². The fourth-order valence-electron chi connectivity index (χ4n) is 1.98. The molecule has 0 bridgehead atoms. The fourth-order valence-corrected chi connectivity index (χ4v) is 1.98. The lowest BCUT2D eigenvalue weighted by atomic mass is 10.1. The molecule has 2 rings (SSSR count). The van der Waals surface area contributed by atoms with Crippen molar-refractivity contribution >= 4 is 18.1 Å². The van der Waals surface area contributed by atoms with Gasteiger partial charge in [0, 0.05) is 0 Å². The molecular weight excluding hydrogens is 288 g/mol. The Balaban J connectivity index is 1.98. The van der Waals surface area contributed by atoms with Crippen LogP contribution in [0.15, 0.2) is 48.5 Å². The lowest BCUT2D eigenvalue weighted by Crippen LogP contribution is -2.04. The number of methoxy groups -OCH3 is 1. The summed E-state index contributed by atoms with van der Waals surface area (Å²) in [6, 6.07) is 15.3. The van der Waals surface area contributed by atoms with Gasteiger partial charge in [-0.05, 0) is 41.3 Å². The predicted molar refractivity (Wildman–Crippen MR) is 93.5 cm³/mol. The summed E-state index contributed by atoms with van der Waals surface area (Å²) in [6.45, 7) is 4.98. The number of hydrogen-bond acceptors (Lipinski definition) is 3. The fraction of sp³-hybridized carbons (Fsp3) is 0.250. The smallest absolute Gasteiger partial charge is 0.337 e. The summed E-state index contributed by atoms with van der Waals surface area (Å²) in [7, 11) is 1.38. The normalized spacial score (nSPS) is 11.0. The molecule has 3 heteroatoms. The first-order valence-corrected chi connectivity index (χ1v) is 7.68. The van der Waals surface area contributed by atoms with Gasteiger partial charge in [0.05, 0.1) is 19.3 Å². The van der Waals surface area contributed by atoms with Gasteiger partial charge in [0.15, 0.2) is 0 Å². The van der Waals surface area contributed by atoms with Crippen molar-refractivity contribution in [2.75, 3.05) is 13.7 Å². The largest absolute Gasteiger partial charge is 0.493 e. The Morgan fingerprint density at radius 1 is 0.957 bits per heavy atom. The first-order chi connectivity index (χ1) is 11.1. The standard InChI is InChI=1S/C20H22O3/c1-15(2)14-23-19-12-8-17(9-13-19)5-4-16-6-10-18(11-7-16)20(21)22-3/h4-13,15H,14H2,1-3H3/b5-4+. The van der Waals surface area contributed by atoms with E-state index in [2.05, 4.69) is 18.6 Å². The van der Waals surface area contributed by atoms with Crippen LogP contribution in [0.3, 0.4) is 0 Å². The van der Waals surface area contributed by atoms with Gasteiger partial charge in [0.25, 0.3) is 0 Å². The maximum Gasteiger partial charge on any atom is 0.337 e. The summed E-state index contributed by atoms with van der Waals surface area (Å²) in [5, 5.41) is 0. The molecule has 0 aromatic heterocycles. The van der Waals surface area contributed by atoms with Crippen molar-refractivity contribution < 1.29 is 14.3 Å². The summed E-state index contributed by atoms with van der Waals surface area (Å²) < 4.78 is 10.3. The minimum absolute atomic E-state index is 0.322. The number of benzene rings is 2. The zero-order valence-electron chi connectivity index (χ0n) is 13.8. The van der Waals surface area contributed by atoms with Gasteiger partial charge < -0.3 is 9.47 Å². The second kappa shape index (κ2) is 8.18. The molecule has 2 aromatic carbocycles. The lowest BCUT2D eigenvalue weighted by molar-refractivity contribution is 0.0600. The number of ether oxygens (including phenoxy) is 2. The Hall–Kier alpha value is -2.55. The molecule has 0 saturated carbocycles. The van der Waals surface area contributed by atoms with Crippen LogP contribution in [-0.4, -0.2) is 19.7 Å². The third-order valence-electron chi connectivity index (χ3n) is 3.26. The van der Waals surface area contributed by atoms with E-state index in [0.717, 1.165) is 23.5 Å². The van der Waals surface area contributed by atoms with Gasteiger partial charge in [-0.1, -0.05) is 50.3 Å². The van der Waals surface area contributed by atoms with E-state index in [1.54, 1.807) is 12.1 Å². The lowest BCUT2D eigenvalue weighted by Gasteiger charge is -2.08. The highest BCUT2D eigenvalue weighted by Crippen LogP contribution is 2.16. The van der Waals surface area contributed by atoms with Gasteiger partial charge >= 0.3 is 5.97 Å². The monoisotopic (exact) mass is 310 g/mol. The average molecular weight is 310 g/mol. The molecule has 2 aromatic rings. The second-order valence-corrected chi connectivity index (χ2v) is 5.72. The van der Waals surface area contributed by atoms with Gasteiger partial charge in [0.1, 0.15) is 5.75 Å². The van der Waals surface area contributed by atoms with Crippen molar-refractivity contribution in [3.63, 3.8) is 0 Å². The van der Waals surface area contributed by atoms with E-state index >= 15 is 0 Å². The van der Waals surface area contributed by atoms with Crippen molar-refractivity contribution in [3.05, 3.63) is 65.2 Å². The minimum atomic E-state index is -0.322. The molecule has 0 aliphatic carbocycles. The zero-order valence-corrected chi connectivity index (χ0v) is 13.8. The van der Waals surface area contributed by atoms with Gasteiger partial charge in [0.2, 0.25) is 0 Å². The Kier molecular flexibility index (Phi) is 5.98. The van der Waals surface area contributed by atoms with Crippen molar-refractivity contribution in [1.82, 2.24) is 0 Å². The van der Waals surface area contributed by atoms with E-state index in [1.807, 2.05) is 48.6 Å². The molecule has 23 heavy (non-hydrogen) atoms. The molecule has 0 amide bonds. The van der Waals surface area contributed by atoms with Crippen LogP contribution in [0.2, 0.25) is 0 Å². The summed E-state index contributed by atoms with van der Waals surface area (Å²) in [6.07, 6.45) is 4.03. The van der Waals surface area contributed by atoms with Gasteiger partial charge in [-0.15, -0.1) is 0 Å².